The van der Waals surface area contributed by atoms with E-state index >= 15 is 0 Å². The van der Waals surface area contributed by atoms with Gasteiger partial charge >= 0.3 is 0 Å². The molecule has 1 aromatic heterocycles. The van der Waals surface area contributed by atoms with Gasteiger partial charge in [0.05, 0.1) is 12.7 Å². The molecule has 6 heteroatoms. The number of carbonyl (C=O) groups excluding carboxylic acids is 1. The molecule has 1 unspecified atom stereocenters. The highest BCUT2D eigenvalue weighted by Crippen LogP contribution is 2.43. The second-order valence-electron chi connectivity index (χ2n) is 6.26. The average Bonchev–Trinajstić information content (AvgIpc) is 2.84. The SMILES string of the molecule is CON(C)C(=O)c1cc(Cl)nc(OC2C[C@H]3CC[C@@H](C2)C3)c1. The first-order chi connectivity index (χ1) is 10.5. The highest BCUT2D eigenvalue weighted by Gasteiger charge is 2.35. The molecule has 2 aliphatic rings. The number of nitrogens with zero attached hydrogens (tertiary/aromatic N) is 2. The number of halogens is 1. The van der Waals surface area contributed by atoms with Crippen LogP contribution in [0.25, 0.3) is 0 Å². The first-order valence-electron chi connectivity index (χ1n) is 7.71. The summed E-state index contributed by atoms with van der Waals surface area (Å²) in [4.78, 5) is 21.3. The van der Waals surface area contributed by atoms with E-state index in [2.05, 4.69) is 4.98 Å². The fraction of sp³-hybridized carbons (Fsp3) is 0.625. The van der Waals surface area contributed by atoms with Gasteiger partial charge in [0, 0.05) is 13.1 Å². The second-order valence-corrected chi connectivity index (χ2v) is 6.65. The minimum Gasteiger partial charge on any atom is -0.474 e. The number of rotatable bonds is 4. The van der Waals surface area contributed by atoms with Crippen molar-refractivity contribution >= 4 is 17.5 Å². The number of fused-ring (bicyclic) bond motifs is 2. The van der Waals surface area contributed by atoms with Crippen LogP contribution in [-0.4, -0.2) is 36.2 Å². The van der Waals surface area contributed by atoms with Crippen molar-refractivity contribution in [1.29, 1.82) is 0 Å². The molecule has 1 aromatic rings. The number of hydrogen-bond acceptors (Lipinski definition) is 4. The lowest BCUT2D eigenvalue weighted by atomic mass is 9.87. The predicted octanol–water partition coefficient (Wildman–Crippen LogP) is 3.33. The molecule has 2 fully saturated rings. The van der Waals surface area contributed by atoms with Crippen LogP contribution >= 0.6 is 11.6 Å². The quantitative estimate of drug-likeness (QED) is 0.629. The van der Waals surface area contributed by atoms with Crippen molar-refractivity contribution in [3.05, 3.63) is 22.8 Å². The van der Waals surface area contributed by atoms with Crippen molar-refractivity contribution in [1.82, 2.24) is 10.0 Å². The van der Waals surface area contributed by atoms with Crippen molar-refractivity contribution in [3.8, 4) is 5.88 Å². The van der Waals surface area contributed by atoms with Crippen LogP contribution in [0.4, 0.5) is 0 Å². The van der Waals surface area contributed by atoms with Gasteiger partial charge < -0.3 is 4.74 Å². The zero-order valence-corrected chi connectivity index (χ0v) is 13.7. The lowest BCUT2D eigenvalue weighted by Gasteiger charge is -2.28. The van der Waals surface area contributed by atoms with Gasteiger partial charge in [0.1, 0.15) is 11.3 Å². The summed E-state index contributed by atoms with van der Waals surface area (Å²) in [5.74, 6) is 1.71. The molecule has 0 saturated heterocycles. The highest BCUT2D eigenvalue weighted by molar-refractivity contribution is 6.29. The van der Waals surface area contributed by atoms with Gasteiger partial charge in [-0.15, -0.1) is 0 Å². The Hall–Kier alpha value is -1.33. The molecule has 2 saturated carbocycles. The average molecular weight is 325 g/mol. The number of pyridine rings is 1. The van der Waals surface area contributed by atoms with E-state index in [1.54, 1.807) is 13.1 Å². The highest BCUT2D eigenvalue weighted by atomic mass is 35.5. The molecular weight excluding hydrogens is 304 g/mol. The summed E-state index contributed by atoms with van der Waals surface area (Å²) < 4.78 is 6.01. The smallest absolute Gasteiger partial charge is 0.277 e. The van der Waals surface area contributed by atoms with Crippen LogP contribution in [0.2, 0.25) is 5.15 Å². The van der Waals surface area contributed by atoms with Gasteiger partial charge in [-0.3, -0.25) is 9.63 Å². The maximum atomic E-state index is 12.1. The van der Waals surface area contributed by atoms with E-state index in [4.69, 9.17) is 21.2 Å². The fourth-order valence-electron chi connectivity index (χ4n) is 3.63. The van der Waals surface area contributed by atoms with Gasteiger partial charge in [-0.2, -0.15) is 0 Å². The van der Waals surface area contributed by atoms with E-state index in [1.807, 2.05) is 0 Å². The molecule has 0 aromatic carbocycles. The molecule has 1 heterocycles. The summed E-state index contributed by atoms with van der Waals surface area (Å²) >= 11 is 6.03. The summed E-state index contributed by atoms with van der Waals surface area (Å²) in [6.07, 6.45) is 6.30. The van der Waals surface area contributed by atoms with Crippen LogP contribution in [-0.2, 0) is 4.84 Å². The molecule has 2 bridgehead atoms. The maximum Gasteiger partial charge on any atom is 0.277 e. The zero-order valence-electron chi connectivity index (χ0n) is 12.9. The maximum absolute atomic E-state index is 12.1. The Morgan fingerprint density at radius 3 is 2.59 bits per heavy atom. The van der Waals surface area contributed by atoms with Crippen LogP contribution in [0, 0.1) is 11.8 Å². The minimum atomic E-state index is -0.277. The summed E-state index contributed by atoms with van der Waals surface area (Å²) in [6, 6.07) is 3.16. The molecule has 3 atom stereocenters. The summed E-state index contributed by atoms with van der Waals surface area (Å²) in [5.41, 5.74) is 0.415. The molecule has 5 nitrogen and oxygen atoms in total. The van der Waals surface area contributed by atoms with Crippen LogP contribution in [0.1, 0.15) is 42.5 Å². The normalized spacial score (nSPS) is 26.8. The van der Waals surface area contributed by atoms with Crippen molar-refractivity contribution in [2.75, 3.05) is 14.2 Å². The van der Waals surface area contributed by atoms with Crippen molar-refractivity contribution in [3.63, 3.8) is 0 Å². The van der Waals surface area contributed by atoms with Gasteiger partial charge in [-0.05, 0) is 37.2 Å². The number of hydroxylamine groups is 2. The van der Waals surface area contributed by atoms with E-state index in [9.17, 15) is 4.79 Å². The Morgan fingerprint density at radius 2 is 1.95 bits per heavy atom. The summed E-state index contributed by atoms with van der Waals surface area (Å²) in [7, 11) is 2.99. The van der Waals surface area contributed by atoms with Crippen LogP contribution in [0.3, 0.4) is 0 Å². The largest absolute Gasteiger partial charge is 0.474 e. The molecule has 0 aliphatic heterocycles. The fourth-order valence-corrected chi connectivity index (χ4v) is 3.84. The monoisotopic (exact) mass is 324 g/mol. The number of aromatic nitrogens is 1. The molecule has 0 radical (unpaired) electrons. The van der Waals surface area contributed by atoms with E-state index in [0.717, 1.165) is 29.7 Å². The molecule has 0 spiro atoms. The van der Waals surface area contributed by atoms with Gasteiger partial charge in [0.15, 0.2) is 0 Å². The molecule has 22 heavy (non-hydrogen) atoms. The first kappa shape index (κ1) is 15.6. The summed E-state index contributed by atoms with van der Waals surface area (Å²) in [6.45, 7) is 0. The third-order valence-electron chi connectivity index (χ3n) is 4.71. The lowest BCUT2D eigenvalue weighted by molar-refractivity contribution is -0.0757. The van der Waals surface area contributed by atoms with E-state index < -0.39 is 0 Å². The predicted molar refractivity (Wildman–Crippen MR) is 82.8 cm³/mol. The standard InChI is InChI=1S/C16H21ClN2O3/c1-19(21-2)16(20)12-8-14(17)18-15(9-12)22-13-6-10-3-4-11(5-10)7-13/h8-11,13H,3-7H2,1-2H3/t10-,11+,13?. The Morgan fingerprint density at radius 1 is 1.27 bits per heavy atom. The minimum absolute atomic E-state index is 0.181. The van der Waals surface area contributed by atoms with Gasteiger partial charge in [-0.25, -0.2) is 10.0 Å². The number of amides is 1. The molecule has 1 amide bonds. The molecule has 3 rings (SSSR count). The Bertz CT molecular complexity index is 554. The van der Waals surface area contributed by atoms with E-state index in [1.165, 1.54) is 32.4 Å². The molecule has 2 aliphatic carbocycles. The van der Waals surface area contributed by atoms with Crippen molar-refractivity contribution in [2.24, 2.45) is 11.8 Å². The molecule has 0 N–H and O–H groups in total. The summed E-state index contributed by atoms with van der Waals surface area (Å²) in [5, 5.41) is 1.40. The Kier molecular flexibility index (Phi) is 4.54. The lowest BCUT2D eigenvalue weighted by Crippen LogP contribution is -2.27. The van der Waals surface area contributed by atoms with Crippen LogP contribution in [0.15, 0.2) is 12.1 Å². The van der Waals surface area contributed by atoms with Gasteiger partial charge in [0.25, 0.3) is 5.91 Å². The number of hydrogen-bond donors (Lipinski definition) is 0. The van der Waals surface area contributed by atoms with Crippen molar-refractivity contribution in [2.45, 2.75) is 38.2 Å². The van der Waals surface area contributed by atoms with E-state index in [0.29, 0.717) is 11.4 Å². The Labute approximate surface area is 135 Å². The Balaban J connectivity index is 1.73. The van der Waals surface area contributed by atoms with E-state index in [-0.39, 0.29) is 17.2 Å². The zero-order chi connectivity index (χ0) is 15.7. The van der Waals surface area contributed by atoms with Gasteiger partial charge in [-0.1, -0.05) is 24.4 Å². The van der Waals surface area contributed by atoms with Crippen molar-refractivity contribution < 1.29 is 14.4 Å². The molecule has 120 valence electrons. The van der Waals surface area contributed by atoms with Gasteiger partial charge in [0.2, 0.25) is 5.88 Å². The third-order valence-corrected chi connectivity index (χ3v) is 4.90. The first-order valence-corrected chi connectivity index (χ1v) is 8.09. The topological polar surface area (TPSA) is 51.7 Å². The van der Waals surface area contributed by atoms with Crippen LogP contribution in [0.5, 0.6) is 5.88 Å². The second kappa shape index (κ2) is 6.42. The number of ether oxygens (including phenoxy) is 1. The third kappa shape index (κ3) is 3.36. The number of carbonyl (C=O) groups is 1. The van der Waals surface area contributed by atoms with Crippen LogP contribution < -0.4 is 4.74 Å². The molecular formula is C16H21ClN2O3.